The Kier molecular flexibility index (Phi) is 4.98. The molecule has 0 atom stereocenters. The number of Topliss-reactive ketones (excluding diaryl/α,β-unsaturated/α-hetero) is 1. The topological polar surface area (TPSA) is 38.8 Å². The summed E-state index contributed by atoms with van der Waals surface area (Å²) < 4.78 is 11.2. The highest BCUT2D eigenvalue weighted by Gasteiger charge is 2.33. The van der Waals surface area contributed by atoms with Gasteiger partial charge in [0.15, 0.2) is 5.78 Å². The number of nitrogens with zero attached hydrogens (tertiary/aromatic N) is 1. The number of rotatable bonds is 5. The lowest BCUT2D eigenvalue weighted by Crippen LogP contribution is -2.45. The van der Waals surface area contributed by atoms with E-state index in [0.717, 1.165) is 0 Å². The predicted octanol–water partition coefficient (Wildman–Crippen LogP) is 2.99. The molecule has 0 fully saturated rings. The standard InChI is InChI=1S/C14H20BrNO3/c1-14(2,16(3)4)13(17)9-7-8-10(18-5)11(15)12(9)19-6/h7-8H,1-6H3. The summed E-state index contributed by atoms with van der Waals surface area (Å²) in [4.78, 5) is 14.5. The summed E-state index contributed by atoms with van der Waals surface area (Å²) in [6.45, 7) is 3.76. The van der Waals surface area contributed by atoms with Crippen molar-refractivity contribution in [3.63, 3.8) is 0 Å². The van der Waals surface area contributed by atoms with Crippen molar-refractivity contribution in [1.29, 1.82) is 0 Å². The van der Waals surface area contributed by atoms with Gasteiger partial charge in [0.25, 0.3) is 0 Å². The number of carbonyl (C=O) groups is 1. The molecule has 0 saturated carbocycles. The first-order valence-corrected chi connectivity index (χ1v) is 6.69. The quantitative estimate of drug-likeness (QED) is 0.778. The van der Waals surface area contributed by atoms with Crippen LogP contribution in [-0.4, -0.2) is 44.5 Å². The molecular weight excluding hydrogens is 310 g/mol. The molecule has 19 heavy (non-hydrogen) atoms. The van der Waals surface area contributed by atoms with Gasteiger partial charge in [-0.25, -0.2) is 0 Å². The second-order valence-electron chi connectivity index (χ2n) is 4.95. The molecule has 0 aliphatic carbocycles. The molecule has 0 saturated heterocycles. The van der Waals surface area contributed by atoms with Gasteiger partial charge in [-0.3, -0.25) is 9.69 Å². The average Bonchev–Trinajstić information content (AvgIpc) is 2.37. The first-order chi connectivity index (χ1) is 8.77. The molecule has 0 N–H and O–H groups in total. The van der Waals surface area contributed by atoms with Gasteiger partial charge in [-0.1, -0.05) is 0 Å². The van der Waals surface area contributed by atoms with Gasteiger partial charge in [0.1, 0.15) is 16.0 Å². The molecule has 1 rings (SSSR count). The largest absolute Gasteiger partial charge is 0.495 e. The summed E-state index contributed by atoms with van der Waals surface area (Å²) in [6.07, 6.45) is 0. The fraction of sp³-hybridized carbons (Fsp3) is 0.500. The van der Waals surface area contributed by atoms with E-state index in [-0.39, 0.29) is 5.78 Å². The van der Waals surface area contributed by atoms with Crippen molar-refractivity contribution in [2.24, 2.45) is 0 Å². The smallest absolute Gasteiger partial charge is 0.186 e. The zero-order valence-electron chi connectivity index (χ0n) is 12.2. The molecule has 0 spiro atoms. The van der Waals surface area contributed by atoms with Gasteiger partial charge < -0.3 is 9.47 Å². The van der Waals surface area contributed by atoms with Crippen LogP contribution in [0.5, 0.6) is 11.5 Å². The Morgan fingerprint density at radius 3 is 2.21 bits per heavy atom. The van der Waals surface area contributed by atoms with Crippen molar-refractivity contribution in [2.75, 3.05) is 28.3 Å². The predicted molar refractivity (Wildman–Crippen MR) is 79.3 cm³/mol. The zero-order valence-corrected chi connectivity index (χ0v) is 13.8. The fourth-order valence-electron chi connectivity index (χ4n) is 1.61. The van der Waals surface area contributed by atoms with E-state index in [9.17, 15) is 4.79 Å². The number of halogens is 1. The lowest BCUT2D eigenvalue weighted by atomic mass is 9.91. The third-order valence-corrected chi connectivity index (χ3v) is 4.15. The number of ether oxygens (including phenoxy) is 2. The molecule has 0 amide bonds. The molecule has 0 aromatic heterocycles. The van der Waals surface area contributed by atoms with Crippen LogP contribution < -0.4 is 9.47 Å². The third-order valence-electron chi connectivity index (χ3n) is 3.40. The highest BCUT2D eigenvalue weighted by atomic mass is 79.9. The monoisotopic (exact) mass is 329 g/mol. The minimum absolute atomic E-state index is 0.00213. The zero-order chi connectivity index (χ0) is 14.8. The molecule has 0 radical (unpaired) electrons. The summed E-state index contributed by atoms with van der Waals surface area (Å²) in [6, 6.07) is 3.49. The van der Waals surface area contributed by atoms with Crippen LogP contribution in [0.25, 0.3) is 0 Å². The maximum absolute atomic E-state index is 12.7. The molecule has 1 aromatic carbocycles. The summed E-state index contributed by atoms with van der Waals surface area (Å²) in [5.74, 6) is 1.13. The Bertz CT molecular complexity index is 484. The first kappa shape index (κ1) is 16.0. The van der Waals surface area contributed by atoms with Crippen LogP contribution in [0.1, 0.15) is 24.2 Å². The molecule has 1 aromatic rings. The molecule has 0 aliphatic rings. The molecule has 0 heterocycles. The van der Waals surface area contributed by atoms with E-state index in [1.165, 1.54) is 0 Å². The minimum Gasteiger partial charge on any atom is -0.495 e. The van der Waals surface area contributed by atoms with E-state index >= 15 is 0 Å². The van der Waals surface area contributed by atoms with Crippen LogP contribution in [0.3, 0.4) is 0 Å². The Hall–Kier alpha value is -1.07. The van der Waals surface area contributed by atoms with Gasteiger partial charge in [0, 0.05) is 0 Å². The van der Waals surface area contributed by atoms with Crippen molar-refractivity contribution in [3.05, 3.63) is 22.2 Å². The summed E-state index contributed by atoms with van der Waals surface area (Å²) >= 11 is 3.41. The maximum Gasteiger partial charge on any atom is 0.186 e. The van der Waals surface area contributed by atoms with Crippen molar-refractivity contribution in [2.45, 2.75) is 19.4 Å². The first-order valence-electron chi connectivity index (χ1n) is 5.90. The fourth-order valence-corrected chi connectivity index (χ4v) is 2.28. The van der Waals surface area contributed by atoms with Gasteiger partial charge >= 0.3 is 0 Å². The van der Waals surface area contributed by atoms with Crippen molar-refractivity contribution in [1.82, 2.24) is 4.90 Å². The molecule has 0 bridgehead atoms. The van der Waals surface area contributed by atoms with E-state index in [1.807, 2.05) is 32.8 Å². The van der Waals surface area contributed by atoms with Crippen molar-refractivity contribution >= 4 is 21.7 Å². The molecule has 5 heteroatoms. The molecular formula is C14H20BrNO3. The van der Waals surface area contributed by atoms with Crippen molar-refractivity contribution in [3.8, 4) is 11.5 Å². The Morgan fingerprint density at radius 2 is 1.79 bits per heavy atom. The van der Waals surface area contributed by atoms with E-state index in [2.05, 4.69) is 15.9 Å². The number of carbonyl (C=O) groups excluding carboxylic acids is 1. The second kappa shape index (κ2) is 5.92. The van der Waals surface area contributed by atoms with Crippen LogP contribution in [0, 0.1) is 0 Å². The number of methoxy groups -OCH3 is 2. The van der Waals surface area contributed by atoms with Gasteiger partial charge in [-0.2, -0.15) is 0 Å². The van der Waals surface area contributed by atoms with Crippen LogP contribution in [0.2, 0.25) is 0 Å². The van der Waals surface area contributed by atoms with Gasteiger partial charge in [0.2, 0.25) is 0 Å². The number of hydrogen-bond acceptors (Lipinski definition) is 4. The minimum atomic E-state index is -0.610. The number of likely N-dealkylation sites (N-methyl/N-ethyl adjacent to an activating group) is 1. The lowest BCUT2D eigenvalue weighted by molar-refractivity contribution is 0.0752. The maximum atomic E-state index is 12.7. The van der Waals surface area contributed by atoms with Gasteiger partial charge in [0.05, 0.1) is 25.3 Å². The third kappa shape index (κ3) is 2.92. The van der Waals surface area contributed by atoms with Crippen molar-refractivity contribution < 1.29 is 14.3 Å². The van der Waals surface area contributed by atoms with E-state index in [4.69, 9.17) is 9.47 Å². The normalized spacial score (nSPS) is 11.6. The van der Waals surface area contributed by atoms with E-state index in [0.29, 0.717) is 21.5 Å². The lowest BCUT2D eigenvalue weighted by Gasteiger charge is -2.31. The van der Waals surface area contributed by atoms with Crippen LogP contribution >= 0.6 is 15.9 Å². The van der Waals surface area contributed by atoms with Gasteiger partial charge in [-0.15, -0.1) is 0 Å². The van der Waals surface area contributed by atoms with Crippen LogP contribution in [0.4, 0.5) is 0 Å². The van der Waals surface area contributed by atoms with Gasteiger partial charge in [-0.05, 0) is 56.0 Å². The second-order valence-corrected chi connectivity index (χ2v) is 5.74. The molecule has 106 valence electrons. The summed E-state index contributed by atoms with van der Waals surface area (Å²) in [7, 11) is 6.87. The Balaban J connectivity index is 3.36. The highest BCUT2D eigenvalue weighted by molar-refractivity contribution is 9.10. The summed E-state index contributed by atoms with van der Waals surface area (Å²) in [5, 5.41) is 0. The molecule has 4 nitrogen and oxygen atoms in total. The number of hydrogen-bond donors (Lipinski definition) is 0. The Morgan fingerprint density at radius 1 is 1.21 bits per heavy atom. The summed E-state index contributed by atoms with van der Waals surface area (Å²) in [5.41, 5.74) is -0.0738. The van der Waals surface area contributed by atoms with Crippen LogP contribution in [-0.2, 0) is 0 Å². The SMILES string of the molecule is COc1ccc(C(=O)C(C)(C)N(C)C)c(OC)c1Br. The molecule has 0 unspecified atom stereocenters. The Labute approximate surface area is 122 Å². The number of benzene rings is 1. The molecule has 0 aliphatic heterocycles. The highest BCUT2D eigenvalue weighted by Crippen LogP contribution is 2.38. The van der Waals surface area contributed by atoms with E-state index < -0.39 is 5.54 Å². The van der Waals surface area contributed by atoms with Crippen LogP contribution in [0.15, 0.2) is 16.6 Å². The van der Waals surface area contributed by atoms with E-state index in [1.54, 1.807) is 26.4 Å². The average molecular weight is 330 g/mol. The number of ketones is 1.